The van der Waals surface area contributed by atoms with E-state index < -0.39 is 6.49 Å². The molecule has 4 heteroatoms. The van der Waals surface area contributed by atoms with E-state index in [-0.39, 0.29) is 16.4 Å². The van der Waals surface area contributed by atoms with Gasteiger partial charge < -0.3 is 9.05 Å². The molecule has 0 bridgehead atoms. The second-order valence-electron chi connectivity index (χ2n) is 12.3. The van der Waals surface area contributed by atoms with Gasteiger partial charge >= 0.3 is 0 Å². The maximum Gasteiger partial charge on any atom is 0.269 e. The number of rotatable bonds is 15. The highest BCUT2D eigenvalue weighted by Gasteiger charge is 2.34. The second-order valence-corrected chi connectivity index (χ2v) is 15.6. The van der Waals surface area contributed by atoms with Crippen molar-refractivity contribution in [3.63, 3.8) is 0 Å². The summed E-state index contributed by atoms with van der Waals surface area (Å²) in [5.41, 5.74) is 3.77. The van der Waals surface area contributed by atoms with Crippen molar-refractivity contribution in [1.82, 2.24) is 0 Å². The first-order valence-corrected chi connectivity index (χ1v) is 17.9. The number of hydrogen-bond acceptors (Lipinski definition) is 3. The lowest BCUT2D eigenvalue weighted by molar-refractivity contribution is 0.0778. The van der Waals surface area contributed by atoms with Crippen LogP contribution >= 0.6 is 6.49 Å². The molecule has 2 nitrogen and oxygen atoms in total. The summed E-state index contributed by atoms with van der Waals surface area (Å²) in [5.74, 6) is 0.759. The average Bonchev–Trinajstić information content (AvgIpc) is 2.97. The number of hydrogen-bond donors (Lipinski definition) is 0. The van der Waals surface area contributed by atoms with Crippen molar-refractivity contribution in [2.24, 2.45) is 0 Å². The Kier molecular flexibility index (Phi) is 11.3. The van der Waals surface area contributed by atoms with E-state index in [2.05, 4.69) is 104 Å². The third kappa shape index (κ3) is 7.67. The zero-order valence-electron chi connectivity index (χ0n) is 26.1. The summed E-state index contributed by atoms with van der Waals surface area (Å²) < 4.78 is 13.4. The summed E-state index contributed by atoms with van der Waals surface area (Å²) in [6.45, 7) is 15.3. The van der Waals surface area contributed by atoms with Crippen LogP contribution in [0.2, 0.25) is 0 Å². The lowest BCUT2D eigenvalue weighted by Gasteiger charge is -2.35. The molecule has 0 aromatic heterocycles. The van der Waals surface area contributed by atoms with Crippen molar-refractivity contribution in [2.75, 3.05) is 0 Å². The van der Waals surface area contributed by atoms with Gasteiger partial charge in [0, 0.05) is 10.7 Å². The van der Waals surface area contributed by atoms with E-state index in [1.54, 1.807) is 0 Å². The van der Waals surface area contributed by atoms with Crippen molar-refractivity contribution in [3.05, 3.63) is 95.6 Å². The molecule has 0 heterocycles. The molecule has 0 radical (unpaired) electrons. The van der Waals surface area contributed by atoms with Gasteiger partial charge in [0.1, 0.15) is 5.75 Å². The minimum absolute atomic E-state index is 0.137. The van der Waals surface area contributed by atoms with Gasteiger partial charge in [-0.3, -0.25) is 0 Å². The van der Waals surface area contributed by atoms with E-state index >= 15 is 0 Å². The van der Waals surface area contributed by atoms with Crippen molar-refractivity contribution in [2.45, 2.75) is 117 Å². The SMILES string of the molecule is CCCCC(C)(CC)OP(=S)(Oc1ccc(C(C)(C)c2ccc(C(C)(CC)CCC)cc2)cc1)c1ccccc1. The summed E-state index contributed by atoms with van der Waals surface area (Å²) in [7, 11) is 0. The van der Waals surface area contributed by atoms with Crippen LogP contribution in [0.5, 0.6) is 5.75 Å². The molecular formula is C36H51O2PS. The Morgan fingerprint density at radius 2 is 1.20 bits per heavy atom. The summed E-state index contributed by atoms with van der Waals surface area (Å²) in [6, 6.07) is 27.9. The fourth-order valence-corrected chi connectivity index (χ4v) is 8.62. The van der Waals surface area contributed by atoms with E-state index in [0.717, 1.165) is 43.2 Å². The highest BCUT2D eigenvalue weighted by Crippen LogP contribution is 2.52. The predicted molar refractivity (Wildman–Crippen MR) is 178 cm³/mol. The molecule has 0 N–H and O–H groups in total. The van der Waals surface area contributed by atoms with Crippen LogP contribution in [0, 0.1) is 0 Å². The first-order chi connectivity index (χ1) is 18.9. The van der Waals surface area contributed by atoms with Gasteiger partial charge in [-0.05, 0) is 90.8 Å². The van der Waals surface area contributed by atoms with E-state index in [4.69, 9.17) is 20.9 Å². The van der Waals surface area contributed by atoms with Crippen LogP contribution < -0.4 is 9.83 Å². The molecule has 0 fully saturated rings. The minimum Gasteiger partial charge on any atom is -0.440 e. The third-order valence-corrected chi connectivity index (χ3v) is 12.0. The van der Waals surface area contributed by atoms with Gasteiger partial charge in [0.15, 0.2) is 0 Å². The molecule has 0 saturated carbocycles. The number of unbranched alkanes of at least 4 members (excludes halogenated alkanes) is 1. The molecule has 0 amide bonds. The Morgan fingerprint density at radius 1 is 0.650 bits per heavy atom. The van der Waals surface area contributed by atoms with Gasteiger partial charge in [-0.1, -0.05) is 122 Å². The Labute approximate surface area is 250 Å². The first kappa shape index (κ1) is 32.6. The summed E-state index contributed by atoms with van der Waals surface area (Å²) in [6.07, 6.45) is 7.66. The molecular weight excluding hydrogens is 527 g/mol. The van der Waals surface area contributed by atoms with Crippen LogP contribution in [0.3, 0.4) is 0 Å². The van der Waals surface area contributed by atoms with E-state index in [1.165, 1.54) is 29.5 Å². The quantitative estimate of drug-likeness (QED) is 0.167. The molecule has 3 atom stereocenters. The Balaban J connectivity index is 1.87. The Morgan fingerprint density at radius 3 is 1.70 bits per heavy atom. The molecule has 40 heavy (non-hydrogen) atoms. The fraction of sp³-hybridized carbons (Fsp3) is 0.500. The molecule has 3 aromatic carbocycles. The first-order valence-electron chi connectivity index (χ1n) is 15.2. The van der Waals surface area contributed by atoms with Gasteiger partial charge in [-0.15, -0.1) is 0 Å². The van der Waals surface area contributed by atoms with E-state index in [0.29, 0.717) is 0 Å². The Bertz CT molecular complexity index is 1240. The van der Waals surface area contributed by atoms with Gasteiger partial charge in [0.05, 0.1) is 5.60 Å². The molecule has 0 aliphatic heterocycles. The predicted octanol–water partition coefficient (Wildman–Crippen LogP) is 10.9. The third-order valence-electron chi connectivity index (χ3n) is 8.91. The largest absolute Gasteiger partial charge is 0.440 e. The van der Waals surface area contributed by atoms with E-state index in [1.807, 2.05) is 30.3 Å². The van der Waals surface area contributed by atoms with Crippen molar-refractivity contribution in [1.29, 1.82) is 0 Å². The zero-order chi connectivity index (χ0) is 29.4. The van der Waals surface area contributed by atoms with Crippen molar-refractivity contribution >= 4 is 23.6 Å². The average molecular weight is 579 g/mol. The Hall–Kier alpha value is -1.93. The molecule has 0 saturated heterocycles. The fourth-order valence-electron chi connectivity index (χ4n) is 5.47. The highest BCUT2D eigenvalue weighted by atomic mass is 32.5. The molecule has 218 valence electrons. The molecule has 3 unspecified atom stereocenters. The topological polar surface area (TPSA) is 18.5 Å². The van der Waals surface area contributed by atoms with Crippen LogP contribution in [0.4, 0.5) is 0 Å². The van der Waals surface area contributed by atoms with Crippen molar-refractivity contribution < 1.29 is 9.05 Å². The lowest BCUT2D eigenvalue weighted by Crippen LogP contribution is -2.30. The summed E-state index contributed by atoms with van der Waals surface area (Å²) in [4.78, 5) is 0. The van der Waals surface area contributed by atoms with Crippen LogP contribution in [0.1, 0.15) is 117 Å². The van der Waals surface area contributed by atoms with Crippen molar-refractivity contribution in [3.8, 4) is 5.75 Å². The summed E-state index contributed by atoms with van der Waals surface area (Å²) in [5, 5.41) is 0.952. The van der Waals surface area contributed by atoms with Crippen LogP contribution in [-0.2, 0) is 27.2 Å². The molecule has 0 spiro atoms. The van der Waals surface area contributed by atoms with Crippen LogP contribution in [-0.4, -0.2) is 5.60 Å². The molecule has 3 aromatic rings. The van der Waals surface area contributed by atoms with Gasteiger partial charge in [0.2, 0.25) is 0 Å². The number of benzene rings is 3. The summed E-state index contributed by atoms with van der Waals surface area (Å²) >= 11 is 6.24. The highest BCUT2D eigenvalue weighted by molar-refractivity contribution is 8.13. The van der Waals surface area contributed by atoms with Gasteiger partial charge in [-0.2, -0.15) is 0 Å². The maximum absolute atomic E-state index is 6.80. The monoisotopic (exact) mass is 578 g/mol. The molecule has 0 aliphatic rings. The lowest BCUT2D eigenvalue weighted by atomic mass is 9.74. The molecule has 0 aliphatic carbocycles. The van der Waals surface area contributed by atoms with Gasteiger partial charge in [-0.25, -0.2) is 0 Å². The normalized spacial score (nSPS) is 16.5. The van der Waals surface area contributed by atoms with Crippen LogP contribution in [0.25, 0.3) is 0 Å². The second kappa shape index (κ2) is 13.8. The van der Waals surface area contributed by atoms with E-state index in [9.17, 15) is 0 Å². The molecule has 3 rings (SSSR count). The zero-order valence-corrected chi connectivity index (χ0v) is 27.8. The van der Waals surface area contributed by atoms with Crippen LogP contribution in [0.15, 0.2) is 78.9 Å². The maximum atomic E-state index is 6.80. The van der Waals surface area contributed by atoms with Gasteiger partial charge in [0.25, 0.3) is 6.49 Å². The standard InChI is InChI=1S/C36H51O2PS/c1-9-13-28-36(8,12-4)38-39(40,33-17-15-14-16-18-33)37-32-25-23-30(24-26-32)34(5,6)29-19-21-31(22-20-29)35(7,11-3)27-10-2/h14-26H,9-13,27-28H2,1-8H3. The minimum atomic E-state index is -2.78. The smallest absolute Gasteiger partial charge is 0.269 e.